The maximum Gasteiger partial charge on any atom is 0.0688 e. The van der Waals surface area contributed by atoms with Crippen molar-refractivity contribution in [3.63, 3.8) is 0 Å². The van der Waals surface area contributed by atoms with Gasteiger partial charge < -0.3 is 5.43 Å². The van der Waals surface area contributed by atoms with Gasteiger partial charge in [-0.05, 0) is 80.4 Å². The van der Waals surface area contributed by atoms with Gasteiger partial charge in [-0.1, -0.05) is 51.0 Å². The third kappa shape index (κ3) is 4.44. The van der Waals surface area contributed by atoms with Crippen LogP contribution in [0.2, 0.25) is 0 Å². The van der Waals surface area contributed by atoms with Crippen LogP contribution in [0.3, 0.4) is 0 Å². The number of hydrogen-bond donors (Lipinski definition) is 2. The molecule has 0 radical (unpaired) electrons. The lowest BCUT2D eigenvalue weighted by atomic mass is 9.68. The summed E-state index contributed by atoms with van der Waals surface area (Å²) in [5.41, 5.74) is 10.4. The Morgan fingerprint density at radius 2 is 2.11 bits per heavy atom. The van der Waals surface area contributed by atoms with E-state index < -0.39 is 0 Å². The lowest BCUT2D eigenvalue weighted by Crippen LogP contribution is -2.39. The fourth-order valence-corrected chi connectivity index (χ4v) is 4.78. The molecule has 1 aliphatic heterocycles. The second-order valence-electron chi connectivity index (χ2n) is 8.19. The predicted octanol–water partition coefficient (Wildman–Crippen LogP) is 5.67. The van der Waals surface area contributed by atoms with Gasteiger partial charge in [0.1, 0.15) is 0 Å². The first-order valence-electron chi connectivity index (χ1n) is 10.00. The molecule has 146 valence electrons. The molecule has 1 N–H and O–H groups in total. The van der Waals surface area contributed by atoms with Gasteiger partial charge >= 0.3 is 0 Å². The van der Waals surface area contributed by atoms with Crippen molar-refractivity contribution in [3.05, 3.63) is 71.8 Å². The molecule has 0 unspecified atom stereocenters. The molecule has 3 nitrogen and oxygen atoms in total. The van der Waals surface area contributed by atoms with Crippen LogP contribution in [0.1, 0.15) is 51.9 Å². The van der Waals surface area contributed by atoms with Crippen LogP contribution in [0.5, 0.6) is 0 Å². The minimum Gasteiger partial charge on any atom is -0.301 e. The number of hydrogen-bond acceptors (Lipinski definition) is 4. The molecule has 1 heterocycles. The molecule has 0 saturated heterocycles. The molecular weight excluding hydrogens is 350 g/mol. The molecule has 2 aliphatic carbocycles. The van der Waals surface area contributed by atoms with E-state index in [1.807, 2.05) is 23.5 Å². The minimum absolute atomic E-state index is 0.516. The molecule has 0 aromatic rings. The Balaban J connectivity index is 2.00. The van der Waals surface area contributed by atoms with E-state index in [2.05, 4.69) is 61.7 Å². The van der Waals surface area contributed by atoms with E-state index in [4.69, 9.17) is 0 Å². The molecule has 0 atom stereocenters. The smallest absolute Gasteiger partial charge is 0.0688 e. The molecular formula is C23H33N3S. The summed E-state index contributed by atoms with van der Waals surface area (Å²) < 4.78 is 1.87. The van der Waals surface area contributed by atoms with E-state index in [0.29, 0.717) is 5.41 Å². The molecule has 3 rings (SSSR count). The zero-order valence-electron chi connectivity index (χ0n) is 16.8. The van der Waals surface area contributed by atoms with Crippen molar-refractivity contribution < 1.29 is 0 Å². The largest absolute Gasteiger partial charge is 0.301 e. The summed E-state index contributed by atoms with van der Waals surface area (Å²) in [5, 5.41) is 2.19. The van der Waals surface area contributed by atoms with E-state index in [1.54, 1.807) is 0 Å². The van der Waals surface area contributed by atoms with Crippen LogP contribution in [0.15, 0.2) is 71.8 Å². The monoisotopic (exact) mass is 383 g/mol. The maximum atomic E-state index is 4.38. The maximum absolute atomic E-state index is 4.38. The van der Waals surface area contributed by atoms with Crippen LogP contribution in [-0.4, -0.2) is 22.9 Å². The quantitative estimate of drug-likeness (QED) is 0.455. The van der Waals surface area contributed by atoms with Gasteiger partial charge in [-0.2, -0.15) is 0 Å². The molecule has 27 heavy (non-hydrogen) atoms. The highest BCUT2D eigenvalue weighted by molar-refractivity contribution is 7.77. The second-order valence-corrected chi connectivity index (χ2v) is 8.87. The summed E-state index contributed by atoms with van der Waals surface area (Å²) in [6.07, 6.45) is 19.5. The molecule has 3 aliphatic rings. The summed E-state index contributed by atoms with van der Waals surface area (Å²) >= 11 is 4.38. The number of nitrogens with zero attached hydrogens (tertiary/aromatic N) is 2. The normalized spacial score (nSPS) is 22.3. The van der Waals surface area contributed by atoms with Crippen molar-refractivity contribution in [2.24, 2.45) is 5.41 Å². The predicted molar refractivity (Wildman–Crippen MR) is 119 cm³/mol. The van der Waals surface area contributed by atoms with Crippen molar-refractivity contribution in [1.29, 1.82) is 0 Å². The fraction of sp³-hybridized carbons (Fsp3) is 0.478. The van der Waals surface area contributed by atoms with Crippen LogP contribution < -0.4 is 5.43 Å². The van der Waals surface area contributed by atoms with Crippen molar-refractivity contribution in [2.75, 3.05) is 13.6 Å². The minimum atomic E-state index is 0.516. The molecule has 4 heteroatoms. The summed E-state index contributed by atoms with van der Waals surface area (Å²) in [6.45, 7) is 11.0. The number of allylic oxidation sites excluding steroid dienone is 6. The summed E-state index contributed by atoms with van der Waals surface area (Å²) in [4.78, 5) is 0. The highest BCUT2D eigenvalue weighted by Crippen LogP contribution is 2.53. The summed E-state index contributed by atoms with van der Waals surface area (Å²) in [7, 11) is 1.96. The zero-order chi connectivity index (χ0) is 19.4. The SMILES string of the molecule is C=C/C=C\C(=C\CN(C)S)N1NC=C2CCC3(CCCC3)CC2=C1C(=C)C. The third-order valence-electron chi connectivity index (χ3n) is 6.04. The fourth-order valence-electron chi connectivity index (χ4n) is 4.69. The molecule has 0 aromatic heterocycles. The van der Waals surface area contributed by atoms with Gasteiger partial charge in [0.05, 0.1) is 11.4 Å². The Bertz CT molecular complexity index is 718. The van der Waals surface area contributed by atoms with Crippen molar-refractivity contribution in [1.82, 2.24) is 14.7 Å². The van der Waals surface area contributed by atoms with Gasteiger partial charge in [0.15, 0.2) is 0 Å². The first-order chi connectivity index (χ1) is 13.0. The van der Waals surface area contributed by atoms with Crippen LogP contribution in [0.4, 0.5) is 0 Å². The Hall–Kier alpha value is -1.65. The Kier molecular flexibility index (Phi) is 6.38. The average Bonchev–Trinajstić information content (AvgIpc) is 3.08. The third-order valence-corrected chi connectivity index (χ3v) is 6.20. The highest BCUT2D eigenvalue weighted by atomic mass is 32.1. The molecule has 0 bridgehead atoms. The van der Waals surface area contributed by atoms with E-state index in [0.717, 1.165) is 17.8 Å². The first kappa shape index (κ1) is 20.1. The van der Waals surface area contributed by atoms with E-state index in [1.165, 1.54) is 61.8 Å². The summed E-state index contributed by atoms with van der Waals surface area (Å²) in [6, 6.07) is 0. The number of rotatable bonds is 6. The molecule has 1 spiro atoms. The summed E-state index contributed by atoms with van der Waals surface area (Å²) in [5.74, 6) is 0. The number of hydrazine groups is 1. The van der Waals surface area contributed by atoms with E-state index in [9.17, 15) is 0 Å². The number of likely N-dealkylation sites (N-methyl/N-ethyl adjacent to an activating group) is 1. The first-order valence-corrected chi connectivity index (χ1v) is 10.4. The van der Waals surface area contributed by atoms with Crippen LogP contribution in [-0.2, 0) is 0 Å². The zero-order valence-corrected chi connectivity index (χ0v) is 17.7. The lowest BCUT2D eigenvalue weighted by molar-refractivity contribution is 0.241. The van der Waals surface area contributed by atoms with Gasteiger partial charge in [-0.15, -0.1) is 0 Å². The second kappa shape index (κ2) is 8.57. The molecule has 2 saturated carbocycles. The highest BCUT2D eigenvalue weighted by Gasteiger charge is 2.40. The van der Waals surface area contributed by atoms with Gasteiger partial charge in [0.2, 0.25) is 0 Å². The van der Waals surface area contributed by atoms with Gasteiger partial charge in [0.25, 0.3) is 0 Å². The van der Waals surface area contributed by atoms with Crippen LogP contribution in [0, 0.1) is 5.41 Å². The van der Waals surface area contributed by atoms with Crippen LogP contribution in [0.25, 0.3) is 0 Å². The Labute approximate surface area is 170 Å². The number of nitrogens with one attached hydrogen (secondary N) is 1. The van der Waals surface area contributed by atoms with Crippen molar-refractivity contribution in [2.45, 2.75) is 51.9 Å². The van der Waals surface area contributed by atoms with Gasteiger partial charge in [-0.25, -0.2) is 0 Å². The van der Waals surface area contributed by atoms with Gasteiger partial charge in [-0.3, -0.25) is 9.31 Å². The number of fused-ring (bicyclic) bond motifs is 1. The topological polar surface area (TPSA) is 18.5 Å². The molecule has 0 amide bonds. The van der Waals surface area contributed by atoms with E-state index in [-0.39, 0.29) is 0 Å². The molecule has 2 fully saturated rings. The average molecular weight is 384 g/mol. The Morgan fingerprint density at radius 3 is 2.74 bits per heavy atom. The van der Waals surface area contributed by atoms with E-state index >= 15 is 0 Å². The van der Waals surface area contributed by atoms with Crippen molar-refractivity contribution >= 4 is 12.8 Å². The lowest BCUT2D eigenvalue weighted by Gasteiger charge is -2.42. The Morgan fingerprint density at radius 1 is 1.37 bits per heavy atom. The van der Waals surface area contributed by atoms with Crippen molar-refractivity contribution in [3.8, 4) is 0 Å². The van der Waals surface area contributed by atoms with Crippen LogP contribution >= 0.6 is 12.8 Å². The standard InChI is InChI=1S/C23H33N3S/c1-5-6-9-20(11-15-25(4)27)26-22(18(2)3)21-16-23(12-7-8-13-23)14-10-19(21)17-24-26/h5-6,9,11,17,24,27H,1-2,7-8,10,12-16H2,3-4H3/b9-6-,20-11-. The number of thiol groups is 1. The van der Waals surface area contributed by atoms with Gasteiger partial charge in [0, 0.05) is 12.7 Å². The molecule has 0 aromatic carbocycles.